The minimum atomic E-state index is -1.46. The van der Waals surface area contributed by atoms with Gasteiger partial charge in [0.1, 0.15) is 17.2 Å². The highest BCUT2D eigenvalue weighted by Gasteiger charge is 2.53. The lowest BCUT2D eigenvalue weighted by Crippen LogP contribution is -2.71. The molecule has 192 valence electrons. The number of oxime groups is 1. The Labute approximate surface area is 219 Å². The van der Waals surface area contributed by atoms with Crippen molar-refractivity contribution in [1.82, 2.24) is 20.2 Å². The smallest absolute Gasteiger partial charge is 0.278 e. The van der Waals surface area contributed by atoms with Gasteiger partial charge in [0.2, 0.25) is 12.1 Å². The van der Waals surface area contributed by atoms with Gasteiger partial charge in [-0.15, -0.1) is 23.5 Å². The molecule has 2 aromatic heterocycles. The number of aliphatic carboxylic acids is 1. The number of carbonyl (C=O) groups excluding carboxylic acids is 4. The molecule has 4 rings (SSSR count). The van der Waals surface area contributed by atoms with Gasteiger partial charge in [0, 0.05) is 29.7 Å². The number of aromatic nitrogens is 3. The molecule has 0 aliphatic carbocycles. The lowest BCUT2D eigenvalue weighted by molar-refractivity contribution is -0.689. The molecular weight excluding hydrogens is 522 g/mol. The quantitative estimate of drug-likeness (QED) is 0.0645. The Bertz CT molecular complexity index is 1270. The lowest BCUT2D eigenvalue weighted by Gasteiger charge is -2.50. The van der Waals surface area contributed by atoms with E-state index >= 15 is 0 Å². The van der Waals surface area contributed by atoms with Crippen LogP contribution in [0.4, 0.5) is 5.82 Å². The number of pyridine rings is 1. The van der Waals surface area contributed by atoms with Gasteiger partial charge in [0.15, 0.2) is 30.7 Å². The van der Waals surface area contributed by atoms with Crippen LogP contribution in [0.5, 0.6) is 0 Å². The highest BCUT2D eigenvalue weighted by molar-refractivity contribution is 8.00. The van der Waals surface area contributed by atoms with Crippen LogP contribution in [-0.2, 0) is 30.6 Å². The first-order valence-corrected chi connectivity index (χ1v) is 13.2. The van der Waals surface area contributed by atoms with Crippen LogP contribution in [0.2, 0.25) is 0 Å². The third kappa shape index (κ3) is 5.72. The average Bonchev–Trinajstić information content (AvgIpc) is 2.90. The molecule has 0 radical (unpaired) electrons. The van der Waals surface area contributed by atoms with Crippen molar-refractivity contribution in [2.75, 3.05) is 23.3 Å². The summed E-state index contributed by atoms with van der Waals surface area (Å²) < 4.78 is 1.80. The Hall–Kier alpha value is -3.98. The fourth-order valence-corrected chi connectivity index (χ4v) is 5.20. The summed E-state index contributed by atoms with van der Waals surface area (Å²) in [6.45, 7) is 0.275. The van der Waals surface area contributed by atoms with Crippen molar-refractivity contribution in [2.45, 2.75) is 18.0 Å². The van der Waals surface area contributed by atoms with Crippen molar-refractivity contribution in [3.8, 4) is 0 Å². The molecule has 37 heavy (non-hydrogen) atoms. The van der Waals surface area contributed by atoms with E-state index in [4.69, 9.17) is 4.84 Å². The molecule has 4 heterocycles. The number of carbonyl (C=O) groups is 4. The van der Waals surface area contributed by atoms with E-state index in [1.54, 1.807) is 23.2 Å². The SMILES string of the molecule is CSCO/N=C(\C(=O)NC1C(=O)N2C(C(=O)[O-])=C(C[n+]3ccccc3)CS[C@H]12)c1nccc(NC=O)n1. The summed E-state index contributed by atoms with van der Waals surface area (Å²) in [7, 11) is 0. The van der Waals surface area contributed by atoms with E-state index in [2.05, 4.69) is 25.8 Å². The van der Waals surface area contributed by atoms with E-state index in [0.717, 1.165) is 4.90 Å². The molecule has 1 saturated heterocycles. The second-order valence-corrected chi connectivity index (χ2v) is 9.57. The third-order valence-corrected chi connectivity index (χ3v) is 6.97. The van der Waals surface area contributed by atoms with Crippen LogP contribution < -0.4 is 20.3 Å². The van der Waals surface area contributed by atoms with E-state index in [1.165, 1.54) is 35.8 Å². The van der Waals surface area contributed by atoms with Crippen molar-refractivity contribution in [3.63, 3.8) is 0 Å². The zero-order chi connectivity index (χ0) is 26.4. The van der Waals surface area contributed by atoms with E-state index in [0.29, 0.717) is 17.7 Å². The number of rotatable bonds is 11. The maximum atomic E-state index is 13.1. The number of hydrogen-bond donors (Lipinski definition) is 2. The summed E-state index contributed by atoms with van der Waals surface area (Å²) >= 11 is 2.64. The molecule has 2 aliphatic rings. The molecule has 1 unspecified atom stereocenters. The summed E-state index contributed by atoms with van der Waals surface area (Å²) in [5, 5.41) is 20.1. The number of β-lactam (4-membered cyclic amide) rings is 1. The first-order chi connectivity index (χ1) is 17.9. The van der Waals surface area contributed by atoms with Crippen LogP contribution in [0, 0.1) is 0 Å². The Morgan fingerprint density at radius 3 is 2.86 bits per heavy atom. The zero-order valence-electron chi connectivity index (χ0n) is 19.4. The second-order valence-electron chi connectivity index (χ2n) is 7.65. The van der Waals surface area contributed by atoms with Gasteiger partial charge in [-0.2, -0.15) is 0 Å². The van der Waals surface area contributed by atoms with Crippen LogP contribution in [-0.4, -0.2) is 74.1 Å². The van der Waals surface area contributed by atoms with Crippen molar-refractivity contribution >= 4 is 59.2 Å². The minimum Gasteiger partial charge on any atom is -0.543 e. The van der Waals surface area contributed by atoms with E-state index in [1.807, 2.05) is 18.2 Å². The highest BCUT2D eigenvalue weighted by Crippen LogP contribution is 2.40. The number of fused-ring (bicyclic) bond motifs is 1. The lowest BCUT2D eigenvalue weighted by atomic mass is 10.0. The monoisotopic (exact) mass is 543 g/mol. The minimum absolute atomic E-state index is 0.131. The zero-order valence-corrected chi connectivity index (χ0v) is 21.0. The largest absolute Gasteiger partial charge is 0.543 e. The topological polar surface area (TPSA) is 170 Å². The number of carboxylic acid groups (broad SMARTS) is 1. The van der Waals surface area contributed by atoms with Crippen LogP contribution in [0.3, 0.4) is 0 Å². The normalized spacial score (nSPS) is 19.0. The van der Waals surface area contributed by atoms with Gasteiger partial charge in [0.25, 0.3) is 11.8 Å². The van der Waals surface area contributed by atoms with Gasteiger partial charge in [-0.05, 0) is 12.3 Å². The molecule has 2 atom stereocenters. The fraction of sp³-hybridized carbons (Fsp3) is 0.273. The summed E-state index contributed by atoms with van der Waals surface area (Å²) in [4.78, 5) is 63.2. The fourth-order valence-electron chi connectivity index (χ4n) is 3.70. The van der Waals surface area contributed by atoms with Crippen molar-refractivity contribution < 1.29 is 33.7 Å². The predicted molar refractivity (Wildman–Crippen MR) is 131 cm³/mol. The molecule has 3 amide bonds. The molecular formula is C22H21N7O6S2. The predicted octanol–water partition coefficient (Wildman–Crippen LogP) is -1.52. The van der Waals surface area contributed by atoms with Crippen LogP contribution in [0.1, 0.15) is 5.82 Å². The first-order valence-electron chi connectivity index (χ1n) is 10.8. The Morgan fingerprint density at radius 1 is 1.38 bits per heavy atom. The van der Waals surface area contributed by atoms with Crippen molar-refractivity contribution in [2.24, 2.45) is 5.16 Å². The Kier molecular flexibility index (Phi) is 8.35. The molecule has 0 saturated carbocycles. The summed E-state index contributed by atoms with van der Waals surface area (Å²) in [5.41, 5.74) is 0.0208. The van der Waals surface area contributed by atoms with E-state index < -0.39 is 29.2 Å². The molecule has 2 N–H and O–H groups in total. The third-order valence-electron chi connectivity index (χ3n) is 5.29. The first kappa shape index (κ1) is 26.1. The number of nitrogens with zero attached hydrogens (tertiary/aromatic N) is 5. The number of nitrogens with one attached hydrogen (secondary N) is 2. The number of anilines is 1. The molecule has 2 aromatic rings. The molecule has 0 spiro atoms. The molecule has 0 aromatic carbocycles. The molecule has 2 aliphatic heterocycles. The summed E-state index contributed by atoms with van der Waals surface area (Å²) in [6.07, 6.45) is 7.10. The second kappa shape index (κ2) is 11.8. The van der Waals surface area contributed by atoms with Crippen LogP contribution in [0.15, 0.2) is 59.3 Å². The Balaban J connectivity index is 1.54. The van der Waals surface area contributed by atoms with Gasteiger partial charge in [-0.1, -0.05) is 11.2 Å². The summed E-state index contributed by atoms with van der Waals surface area (Å²) in [6, 6.07) is 5.87. The summed E-state index contributed by atoms with van der Waals surface area (Å²) in [5.74, 6) is -2.40. The maximum absolute atomic E-state index is 13.1. The molecule has 1 fully saturated rings. The molecule has 0 bridgehead atoms. The van der Waals surface area contributed by atoms with Gasteiger partial charge in [-0.3, -0.25) is 19.3 Å². The van der Waals surface area contributed by atoms with Crippen LogP contribution >= 0.6 is 23.5 Å². The van der Waals surface area contributed by atoms with Crippen LogP contribution in [0.25, 0.3) is 0 Å². The standard InChI is InChI=1S/C22H21N7O6S2/c1-36-12-35-27-15(18-23-6-5-14(25-18)24-11-30)19(31)26-16-20(32)29-17(22(33)34)13(10-37-21(16)29)9-28-7-3-2-4-8-28/h2-8,11,16,21H,9-10,12H2,1H3,(H2-,23,24,25,26,30,31,33,34)/b27-15-/t16?,21-/m1/s1. The Morgan fingerprint density at radius 2 is 2.16 bits per heavy atom. The number of hydrogen-bond acceptors (Lipinski definition) is 11. The molecule has 13 nitrogen and oxygen atoms in total. The van der Waals surface area contributed by atoms with Gasteiger partial charge in [-0.25, -0.2) is 14.5 Å². The van der Waals surface area contributed by atoms with E-state index in [-0.39, 0.29) is 35.5 Å². The van der Waals surface area contributed by atoms with Crippen molar-refractivity contribution in [1.29, 1.82) is 0 Å². The molecule has 15 heteroatoms. The number of amides is 3. The van der Waals surface area contributed by atoms with Crippen molar-refractivity contribution in [3.05, 3.63) is 60.0 Å². The number of thioether (sulfide) groups is 2. The average molecular weight is 544 g/mol. The highest BCUT2D eigenvalue weighted by atomic mass is 32.2. The maximum Gasteiger partial charge on any atom is 0.278 e. The van der Waals surface area contributed by atoms with Gasteiger partial charge < -0.3 is 25.4 Å². The van der Waals surface area contributed by atoms with E-state index in [9.17, 15) is 24.3 Å². The van der Waals surface area contributed by atoms with Gasteiger partial charge in [0.05, 0.1) is 11.7 Å². The number of carboxylic acids is 1. The van der Waals surface area contributed by atoms with Gasteiger partial charge >= 0.3 is 0 Å².